The first-order chi connectivity index (χ1) is 9.56. The van der Waals surface area contributed by atoms with Crippen LogP contribution in [0.3, 0.4) is 0 Å². The van der Waals surface area contributed by atoms with Crippen LogP contribution in [0.15, 0.2) is 27.5 Å². The van der Waals surface area contributed by atoms with Crippen molar-refractivity contribution >= 4 is 15.9 Å². The van der Waals surface area contributed by atoms with Gasteiger partial charge < -0.3 is 0 Å². The minimum absolute atomic E-state index is 0.177. The van der Waals surface area contributed by atoms with E-state index < -0.39 is 0 Å². The van der Waals surface area contributed by atoms with Gasteiger partial charge in [-0.1, -0.05) is 18.2 Å². The van der Waals surface area contributed by atoms with Crippen LogP contribution in [0, 0.1) is 13.8 Å². The maximum atomic E-state index is 12.1. The molecule has 0 spiro atoms. The molecule has 2 aromatic rings. The third-order valence-corrected chi connectivity index (χ3v) is 5.19. The molecule has 20 heavy (non-hydrogen) atoms. The summed E-state index contributed by atoms with van der Waals surface area (Å²) in [6.45, 7) is 4.38. The lowest BCUT2D eigenvalue weighted by molar-refractivity contribution is 0.688. The van der Waals surface area contributed by atoms with Gasteiger partial charge in [0.1, 0.15) is 0 Å². The topological polar surface area (TPSA) is 34.9 Å². The quantitative estimate of drug-likeness (QED) is 0.846. The van der Waals surface area contributed by atoms with E-state index in [0.717, 1.165) is 22.3 Å². The van der Waals surface area contributed by atoms with E-state index in [0.29, 0.717) is 6.54 Å². The molecule has 0 unspecified atom stereocenters. The molecule has 0 aliphatic heterocycles. The first-order valence-corrected chi connectivity index (χ1v) is 7.70. The molecule has 0 atom stereocenters. The molecule has 1 heterocycles. The Kier molecular flexibility index (Phi) is 3.50. The van der Waals surface area contributed by atoms with Gasteiger partial charge in [-0.05, 0) is 65.7 Å². The maximum Gasteiger partial charge on any atom is 0.348 e. The molecule has 0 saturated heterocycles. The molecule has 104 valence electrons. The van der Waals surface area contributed by atoms with Crippen molar-refractivity contribution in [2.75, 3.05) is 0 Å². The summed E-state index contributed by atoms with van der Waals surface area (Å²) in [5.41, 5.74) is 5.58. The average molecular weight is 333 g/mol. The summed E-state index contributed by atoms with van der Waals surface area (Å²) < 4.78 is 2.64. The Morgan fingerprint density at radius 2 is 2.00 bits per heavy atom. The van der Waals surface area contributed by atoms with Gasteiger partial charge in [0.05, 0.1) is 16.7 Å². The SMILES string of the molecule is Cc1nc(=O)n(Cc2ccc3c(c2)CCC3)c(C)c1Br. The second-order valence-corrected chi connectivity index (χ2v) is 6.21. The fourth-order valence-electron chi connectivity index (χ4n) is 2.87. The van der Waals surface area contributed by atoms with Crippen LogP contribution >= 0.6 is 15.9 Å². The Morgan fingerprint density at radius 3 is 2.80 bits per heavy atom. The number of halogens is 1. The summed E-state index contributed by atoms with van der Waals surface area (Å²) in [4.78, 5) is 16.1. The summed E-state index contributed by atoms with van der Waals surface area (Å²) in [5.74, 6) is 0. The van der Waals surface area contributed by atoms with E-state index in [1.54, 1.807) is 4.57 Å². The van der Waals surface area contributed by atoms with E-state index in [-0.39, 0.29) is 5.69 Å². The standard InChI is InChI=1S/C16H17BrN2O/c1-10-15(17)11(2)19(16(20)18-10)9-12-6-7-13-4-3-5-14(13)8-12/h6-8H,3-5,9H2,1-2H3. The molecule has 0 saturated carbocycles. The highest BCUT2D eigenvalue weighted by molar-refractivity contribution is 9.10. The van der Waals surface area contributed by atoms with Gasteiger partial charge in [0.15, 0.2) is 0 Å². The first-order valence-electron chi connectivity index (χ1n) is 6.90. The second kappa shape index (κ2) is 5.17. The van der Waals surface area contributed by atoms with Crippen LogP contribution in [0.5, 0.6) is 0 Å². The van der Waals surface area contributed by atoms with E-state index in [1.807, 2.05) is 13.8 Å². The monoisotopic (exact) mass is 332 g/mol. The number of nitrogens with zero attached hydrogens (tertiary/aromatic N) is 2. The molecule has 0 fully saturated rings. The largest absolute Gasteiger partial charge is 0.348 e. The molecule has 1 aromatic carbocycles. The van der Waals surface area contributed by atoms with Crippen LogP contribution in [0.1, 0.15) is 34.5 Å². The summed E-state index contributed by atoms with van der Waals surface area (Å²) >= 11 is 3.51. The van der Waals surface area contributed by atoms with Crippen molar-refractivity contribution in [1.82, 2.24) is 9.55 Å². The normalized spacial score (nSPS) is 13.6. The highest BCUT2D eigenvalue weighted by atomic mass is 79.9. The molecule has 0 radical (unpaired) electrons. The molecule has 0 amide bonds. The number of hydrogen-bond acceptors (Lipinski definition) is 2. The van der Waals surface area contributed by atoms with Crippen LogP contribution in [0.2, 0.25) is 0 Å². The Bertz CT molecular complexity index is 734. The Labute approximate surface area is 126 Å². The number of aryl methyl sites for hydroxylation is 3. The molecule has 0 N–H and O–H groups in total. The zero-order valence-corrected chi connectivity index (χ0v) is 13.3. The van der Waals surface area contributed by atoms with Gasteiger partial charge in [-0.15, -0.1) is 0 Å². The average Bonchev–Trinajstić information content (AvgIpc) is 2.88. The van der Waals surface area contributed by atoms with Crippen LogP contribution in [-0.4, -0.2) is 9.55 Å². The van der Waals surface area contributed by atoms with Crippen LogP contribution < -0.4 is 5.69 Å². The van der Waals surface area contributed by atoms with Gasteiger partial charge in [-0.25, -0.2) is 4.79 Å². The lowest BCUT2D eigenvalue weighted by Gasteiger charge is -2.13. The highest BCUT2D eigenvalue weighted by Gasteiger charge is 2.13. The number of fused-ring (bicyclic) bond motifs is 1. The van der Waals surface area contributed by atoms with Crippen molar-refractivity contribution in [2.45, 2.75) is 39.7 Å². The fourth-order valence-corrected chi connectivity index (χ4v) is 3.17. The van der Waals surface area contributed by atoms with E-state index >= 15 is 0 Å². The molecule has 4 heteroatoms. The number of benzene rings is 1. The van der Waals surface area contributed by atoms with Crippen LogP contribution in [0.4, 0.5) is 0 Å². The smallest absolute Gasteiger partial charge is 0.291 e. The molecule has 3 rings (SSSR count). The van der Waals surface area contributed by atoms with E-state index in [9.17, 15) is 4.79 Å². The van der Waals surface area contributed by atoms with E-state index in [2.05, 4.69) is 39.1 Å². The van der Waals surface area contributed by atoms with E-state index in [4.69, 9.17) is 0 Å². The maximum absolute atomic E-state index is 12.1. The predicted octanol–water partition coefficient (Wildman–Crippen LogP) is 3.16. The number of hydrogen-bond donors (Lipinski definition) is 0. The van der Waals surface area contributed by atoms with Gasteiger partial charge in [0, 0.05) is 5.69 Å². The third kappa shape index (κ3) is 2.33. The Hall–Kier alpha value is -1.42. The van der Waals surface area contributed by atoms with E-state index in [1.165, 1.54) is 29.5 Å². The Balaban J connectivity index is 2.00. The van der Waals surface area contributed by atoms with Crippen molar-refractivity contribution < 1.29 is 0 Å². The van der Waals surface area contributed by atoms with Crippen molar-refractivity contribution in [3.63, 3.8) is 0 Å². The fraction of sp³-hybridized carbons (Fsp3) is 0.375. The molecule has 0 bridgehead atoms. The second-order valence-electron chi connectivity index (χ2n) is 5.42. The van der Waals surface area contributed by atoms with Gasteiger partial charge in [0.25, 0.3) is 0 Å². The van der Waals surface area contributed by atoms with Gasteiger partial charge in [-0.2, -0.15) is 4.98 Å². The van der Waals surface area contributed by atoms with Crippen molar-refractivity contribution in [2.24, 2.45) is 0 Å². The van der Waals surface area contributed by atoms with Crippen molar-refractivity contribution in [3.05, 3.63) is 61.2 Å². The lowest BCUT2D eigenvalue weighted by atomic mass is 10.1. The van der Waals surface area contributed by atoms with Gasteiger partial charge >= 0.3 is 5.69 Å². The predicted molar refractivity (Wildman–Crippen MR) is 83.2 cm³/mol. The third-order valence-electron chi connectivity index (χ3n) is 4.04. The van der Waals surface area contributed by atoms with Crippen molar-refractivity contribution in [3.8, 4) is 0 Å². The van der Waals surface area contributed by atoms with Gasteiger partial charge in [0.2, 0.25) is 0 Å². The lowest BCUT2D eigenvalue weighted by Crippen LogP contribution is -2.26. The highest BCUT2D eigenvalue weighted by Crippen LogP contribution is 2.23. The molecular weight excluding hydrogens is 316 g/mol. The zero-order valence-electron chi connectivity index (χ0n) is 11.7. The molecule has 3 nitrogen and oxygen atoms in total. The zero-order chi connectivity index (χ0) is 14.3. The molecular formula is C16H17BrN2O. The summed E-state index contributed by atoms with van der Waals surface area (Å²) in [6, 6.07) is 6.57. The summed E-state index contributed by atoms with van der Waals surface area (Å²) in [6.07, 6.45) is 3.59. The van der Waals surface area contributed by atoms with Gasteiger partial charge in [-0.3, -0.25) is 4.57 Å². The summed E-state index contributed by atoms with van der Waals surface area (Å²) in [5, 5.41) is 0. The minimum atomic E-state index is -0.177. The molecule has 1 aromatic heterocycles. The molecule has 1 aliphatic carbocycles. The van der Waals surface area contributed by atoms with Crippen LogP contribution in [0.25, 0.3) is 0 Å². The number of aromatic nitrogens is 2. The minimum Gasteiger partial charge on any atom is -0.291 e. The number of rotatable bonds is 2. The van der Waals surface area contributed by atoms with Crippen molar-refractivity contribution in [1.29, 1.82) is 0 Å². The Morgan fingerprint density at radius 1 is 1.25 bits per heavy atom. The molecule has 1 aliphatic rings. The first kappa shape index (κ1) is 13.6. The summed E-state index contributed by atoms with van der Waals surface area (Å²) in [7, 11) is 0. The van der Waals surface area contributed by atoms with Crippen LogP contribution in [-0.2, 0) is 19.4 Å².